The molecule has 4 rings (SSSR count). The van der Waals surface area contributed by atoms with Gasteiger partial charge in [0.25, 0.3) is 0 Å². The molecule has 1 saturated heterocycles. The fraction of sp³-hybridized carbons (Fsp3) is 0.350. The van der Waals surface area contributed by atoms with Crippen LogP contribution in [0.5, 0.6) is 0 Å². The molecule has 4 nitrogen and oxygen atoms in total. The molecule has 2 aliphatic heterocycles. The molecule has 148 valence electrons. The fourth-order valence-electron chi connectivity index (χ4n) is 3.48. The predicted molar refractivity (Wildman–Crippen MR) is 115 cm³/mol. The van der Waals surface area contributed by atoms with Crippen LogP contribution < -0.4 is 4.90 Å². The number of thioether (sulfide) groups is 1. The lowest BCUT2D eigenvalue weighted by Crippen LogP contribution is -2.29. The van der Waals surface area contributed by atoms with Gasteiger partial charge in [-0.1, -0.05) is 35.5 Å². The topological polar surface area (TPSA) is 49.7 Å². The van der Waals surface area contributed by atoms with Crippen molar-refractivity contribution in [3.05, 3.63) is 63.9 Å². The maximum Gasteiger partial charge on any atom is 0.164 e. The van der Waals surface area contributed by atoms with Crippen molar-refractivity contribution in [2.75, 3.05) is 16.4 Å². The van der Waals surface area contributed by atoms with Gasteiger partial charge >= 0.3 is 0 Å². The minimum atomic E-state index is -3.03. The molecule has 1 fully saturated rings. The number of aliphatic imine (C=N–C) groups is 1. The predicted octanol–water partition coefficient (Wildman–Crippen LogP) is 4.37. The second-order valence-electron chi connectivity index (χ2n) is 7.27. The molecular weight excluding hydrogens is 419 g/mol. The van der Waals surface area contributed by atoms with E-state index in [1.54, 1.807) is 12.1 Å². The number of aryl methyl sites for hydroxylation is 2. The lowest BCUT2D eigenvalue weighted by Gasteiger charge is -2.26. The first-order valence-corrected chi connectivity index (χ1v) is 12.0. The molecule has 0 amide bonds. The average molecular weight is 439 g/mol. The van der Waals surface area contributed by atoms with Crippen LogP contribution >= 0.6 is 23.4 Å². The number of fused-ring (bicyclic) bond motifs is 1. The SMILES string of the molecule is Cc1ccc(N(Cc2c(F)cccc2Cl)C2=NC3CS(=O)(=O)CC3S2)cc1C. The van der Waals surface area contributed by atoms with Gasteiger partial charge in [0.1, 0.15) is 5.82 Å². The number of sulfone groups is 1. The Balaban J connectivity index is 1.73. The molecule has 0 radical (unpaired) electrons. The number of hydrogen-bond donors (Lipinski definition) is 0. The molecule has 28 heavy (non-hydrogen) atoms. The quantitative estimate of drug-likeness (QED) is 0.713. The van der Waals surface area contributed by atoms with Crippen molar-refractivity contribution in [3.63, 3.8) is 0 Å². The van der Waals surface area contributed by atoms with Crippen LogP contribution in [0.15, 0.2) is 41.4 Å². The van der Waals surface area contributed by atoms with Crippen molar-refractivity contribution in [1.82, 2.24) is 0 Å². The van der Waals surface area contributed by atoms with Gasteiger partial charge in [0.05, 0.1) is 24.1 Å². The monoisotopic (exact) mass is 438 g/mol. The molecule has 2 aromatic rings. The van der Waals surface area contributed by atoms with Crippen LogP contribution in [0, 0.1) is 19.7 Å². The summed E-state index contributed by atoms with van der Waals surface area (Å²) in [5.41, 5.74) is 3.57. The van der Waals surface area contributed by atoms with E-state index in [0.29, 0.717) is 15.8 Å². The molecule has 0 N–H and O–H groups in total. The Bertz CT molecular complexity index is 1050. The van der Waals surface area contributed by atoms with Crippen LogP contribution in [0.1, 0.15) is 16.7 Å². The maximum absolute atomic E-state index is 14.5. The minimum Gasteiger partial charge on any atom is -0.317 e. The smallest absolute Gasteiger partial charge is 0.164 e. The Kier molecular flexibility index (Phi) is 5.18. The van der Waals surface area contributed by atoms with E-state index in [0.717, 1.165) is 16.8 Å². The van der Waals surface area contributed by atoms with Crippen molar-refractivity contribution in [2.45, 2.75) is 31.7 Å². The van der Waals surface area contributed by atoms with Crippen molar-refractivity contribution in [2.24, 2.45) is 4.99 Å². The summed E-state index contributed by atoms with van der Waals surface area (Å²) < 4.78 is 38.2. The first kappa shape index (κ1) is 19.7. The van der Waals surface area contributed by atoms with Gasteiger partial charge in [-0.25, -0.2) is 12.8 Å². The summed E-state index contributed by atoms with van der Waals surface area (Å²) in [6.45, 7) is 4.29. The fourth-order valence-corrected chi connectivity index (χ4v) is 7.48. The number of anilines is 1. The zero-order valence-electron chi connectivity index (χ0n) is 15.5. The first-order chi connectivity index (χ1) is 13.2. The average Bonchev–Trinajstić information content (AvgIpc) is 3.10. The number of nitrogens with zero attached hydrogens (tertiary/aromatic N) is 2. The van der Waals surface area contributed by atoms with E-state index in [2.05, 4.69) is 0 Å². The van der Waals surface area contributed by atoms with E-state index in [9.17, 15) is 12.8 Å². The van der Waals surface area contributed by atoms with Gasteiger partial charge < -0.3 is 4.90 Å². The molecule has 0 spiro atoms. The van der Waals surface area contributed by atoms with Crippen LogP contribution in [0.25, 0.3) is 0 Å². The molecule has 0 saturated carbocycles. The van der Waals surface area contributed by atoms with E-state index in [1.807, 2.05) is 36.9 Å². The van der Waals surface area contributed by atoms with Gasteiger partial charge in [0.2, 0.25) is 0 Å². The zero-order chi connectivity index (χ0) is 20.1. The highest BCUT2D eigenvalue weighted by atomic mass is 35.5. The van der Waals surface area contributed by atoms with E-state index >= 15 is 0 Å². The lowest BCUT2D eigenvalue weighted by molar-refractivity contribution is 0.601. The van der Waals surface area contributed by atoms with Gasteiger partial charge in [0.15, 0.2) is 15.0 Å². The Morgan fingerprint density at radius 1 is 1.21 bits per heavy atom. The first-order valence-electron chi connectivity index (χ1n) is 8.96. The third-order valence-electron chi connectivity index (χ3n) is 5.22. The van der Waals surface area contributed by atoms with Crippen LogP contribution in [0.4, 0.5) is 10.1 Å². The van der Waals surface area contributed by atoms with E-state index in [-0.39, 0.29) is 35.2 Å². The van der Waals surface area contributed by atoms with Gasteiger partial charge in [-0.3, -0.25) is 4.99 Å². The van der Waals surface area contributed by atoms with Gasteiger partial charge in [0, 0.05) is 21.5 Å². The molecular formula is C20H20ClFN2O2S2. The van der Waals surface area contributed by atoms with Crippen LogP contribution in [0.3, 0.4) is 0 Å². The lowest BCUT2D eigenvalue weighted by atomic mass is 10.1. The normalized spacial score (nSPS) is 22.8. The summed E-state index contributed by atoms with van der Waals surface area (Å²) in [6, 6.07) is 10.4. The van der Waals surface area contributed by atoms with Crippen molar-refractivity contribution in [3.8, 4) is 0 Å². The molecule has 0 aromatic heterocycles. The van der Waals surface area contributed by atoms with Crippen molar-refractivity contribution in [1.29, 1.82) is 0 Å². The standard InChI is InChI=1S/C20H20ClFN2O2S2/c1-12-6-7-14(8-13(12)2)24(9-15-16(21)4-3-5-17(15)22)20-23-18-10-28(25,26)11-19(18)27-20/h3-8,18-19H,9-11H2,1-2H3. The number of amidine groups is 1. The molecule has 2 atom stereocenters. The van der Waals surface area contributed by atoms with Gasteiger partial charge in [-0.15, -0.1) is 0 Å². The van der Waals surface area contributed by atoms with Crippen LogP contribution in [-0.2, 0) is 16.4 Å². The third-order valence-corrected chi connectivity index (χ3v) is 8.82. The van der Waals surface area contributed by atoms with Crippen LogP contribution in [0.2, 0.25) is 5.02 Å². The summed E-state index contributed by atoms with van der Waals surface area (Å²) in [7, 11) is -3.03. The summed E-state index contributed by atoms with van der Waals surface area (Å²) in [5.74, 6) is -0.154. The van der Waals surface area contributed by atoms with Gasteiger partial charge in [-0.2, -0.15) is 0 Å². The number of halogens is 2. The number of hydrogen-bond acceptors (Lipinski definition) is 5. The molecule has 8 heteroatoms. The maximum atomic E-state index is 14.5. The minimum absolute atomic E-state index is 0.0786. The number of rotatable bonds is 3. The highest BCUT2D eigenvalue weighted by Gasteiger charge is 2.44. The second kappa shape index (κ2) is 7.35. The molecule has 0 aliphatic carbocycles. The molecule has 2 unspecified atom stereocenters. The van der Waals surface area contributed by atoms with E-state index < -0.39 is 9.84 Å². The van der Waals surface area contributed by atoms with Crippen LogP contribution in [-0.4, -0.2) is 36.4 Å². The number of benzene rings is 2. The summed E-state index contributed by atoms with van der Waals surface area (Å²) in [6.07, 6.45) is 0. The third kappa shape index (κ3) is 3.80. The summed E-state index contributed by atoms with van der Waals surface area (Å²) in [4.78, 5) is 6.63. The Morgan fingerprint density at radius 2 is 2.00 bits per heavy atom. The highest BCUT2D eigenvalue weighted by Crippen LogP contribution is 2.38. The van der Waals surface area contributed by atoms with Crippen molar-refractivity contribution >= 4 is 44.1 Å². The summed E-state index contributed by atoms with van der Waals surface area (Å²) >= 11 is 7.72. The molecule has 2 aliphatic rings. The van der Waals surface area contributed by atoms with E-state index in [1.165, 1.54) is 17.8 Å². The second-order valence-corrected chi connectivity index (χ2v) is 11.0. The molecule has 0 bridgehead atoms. The molecule has 2 aromatic carbocycles. The van der Waals surface area contributed by atoms with Crippen molar-refractivity contribution < 1.29 is 12.8 Å². The zero-order valence-corrected chi connectivity index (χ0v) is 17.9. The Hall–Kier alpha value is -1.57. The summed E-state index contributed by atoms with van der Waals surface area (Å²) in [5, 5.41) is 0.998. The largest absolute Gasteiger partial charge is 0.317 e. The van der Waals surface area contributed by atoms with Gasteiger partial charge in [-0.05, 0) is 49.2 Å². The Labute approximate surface area is 173 Å². The highest BCUT2D eigenvalue weighted by molar-refractivity contribution is 8.15. The molecule has 2 heterocycles. The van der Waals surface area contributed by atoms with E-state index in [4.69, 9.17) is 16.6 Å². The Morgan fingerprint density at radius 3 is 2.68 bits per heavy atom.